The highest BCUT2D eigenvalue weighted by atomic mass is 16.4. The summed E-state index contributed by atoms with van der Waals surface area (Å²) >= 11 is 0. The predicted molar refractivity (Wildman–Crippen MR) is 78.9 cm³/mol. The average Bonchev–Trinajstić information content (AvgIpc) is 3.30. The first-order valence-electron chi connectivity index (χ1n) is 7.76. The van der Waals surface area contributed by atoms with Gasteiger partial charge in [-0.25, -0.2) is 4.79 Å². The molecule has 0 radical (unpaired) electrons. The summed E-state index contributed by atoms with van der Waals surface area (Å²) in [5.74, 6) is -0.566. The molecule has 1 N–H and O–H groups in total. The molecule has 3 rings (SSSR count). The molecule has 0 bridgehead atoms. The number of amides is 1. The number of carbonyl (C=O) groups is 2. The second-order valence-electron chi connectivity index (χ2n) is 6.09. The predicted octanol–water partition coefficient (Wildman–Crippen LogP) is 2.65. The molecule has 0 spiro atoms. The molecule has 1 heterocycles. The highest BCUT2D eigenvalue weighted by Gasteiger charge is 2.47. The van der Waals surface area contributed by atoms with Crippen molar-refractivity contribution in [2.45, 2.75) is 44.1 Å². The van der Waals surface area contributed by atoms with Crippen LogP contribution >= 0.6 is 0 Å². The van der Waals surface area contributed by atoms with Crippen molar-refractivity contribution in [2.75, 3.05) is 6.54 Å². The summed E-state index contributed by atoms with van der Waals surface area (Å²) in [6.45, 7) is 0.591. The number of carboxylic acid groups (broad SMARTS) is 1. The van der Waals surface area contributed by atoms with Gasteiger partial charge in [-0.15, -0.1) is 0 Å². The van der Waals surface area contributed by atoms with Crippen LogP contribution in [0.2, 0.25) is 0 Å². The van der Waals surface area contributed by atoms with E-state index in [4.69, 9.17) is 0 Å². The van der Waals surface area contributed by atoms with Crippen LogP contribution in [-0.2, 0) is 9.59 Å². The van der Waals surface area contributed by atoms with Crippen LogP contribution in [0.1, 0.15) is 43.6 Å². The SMILES string of the molecule is O=C(O)C1CCCCCN1C(=O)C1CC1c1ccccc1. The maximum atomic E-state index is 12.7. The lowest BCUT2D eigenvalue weighted by Gasteiger charge is -2.27. The Balaban J connectivity index is 1.71. The summed E-state index contributed by atoms with van der Waals surface area (Å²) in [5, 5.41) is 9.37. The lowest BCUT2D eigenvalue weighted by atomic mass is 10.1. The third-order valence-electron chi connectivity index (χ3n) is 4.66. The Morgan fingerprint density at radius 3 is 2.57 bits per heavy atom. The fourth-order valence-electron chi connectivity index (χ4n) is 3.38. The normalized spacial score (nSPS) is 28.8. The fraction of sp³-hybridized carbons (Fsp3) is 0.529. The first-order valence-corrected chi connectivity index (χ1v) is 7.76. The van der Waals surface area contributed by atoms with Gasteiger partial charge in [0.15, 0.2) is 0 Å². The van der Waals surface area contributed by atoms with Crippen LogP contribution in [0.25, 0.3) is 0 Å². The number of benzene rings is 1. The van der Waals surface area contributed by atoms with Crippen molar-refractivity contribution >= 4 is 11.9 Å². The number of aliphatic carboxylic acids is 1. The molecule has 0 aromatic heterocycles. The highest BCUT2D eigenvalue weighted by Crippen LogP contribution is 2.48. The number of hydrogen-bond acceptors (Lipinski definition) is 2. The van der Waals surface area contributed by atoms with Gasteiger partial charge in [0.1, 0.15) is 6.04 Å². The molecule has 3 atom stereocenters. The summed E-state index contributed by atoms with van der Waals surface area (Å²) in [6.07, 6.45) is 4.27. The lowest BCUT2D eigenvalue weighted by Crippen LogP contribution is -2.45. The number of nitrogens with zero attached hydrogens (tertiary/aromatic N) is 1. The monoisotopic (exact) mass is 287 g/mol. The zero-order chi connectivity index (χ0) is 14.8. The molecule has 1 aliphatic heterocycles. The molecule has 1 aromatic rings. The van der Waals surface area contributed by atoms with Crippen LogP contribution in [0.5, 0.6) is 0 Å². The van der Waals surface area contributed by atoms with Crippen molar-refractivity contribution in [1.29, 1.82) is 0 Å². The number of carbonyl (C=O) groups excluding carboxylic acids is 1. The van der Waals surface area contributed by atoms with Crippen molar-refractivity contribution in [2.24, 2.45) is 5.92 Å². The van der Waals surface area contributed by atoms with E-state index in [1.54, 1.807) is 4.90 Å². The van der Waals surface area contributed by atoms with Gasteiger partial charge in [-0.2, -0.15) is 0 Å². The summed E-state index contributed by atoms with van der Waals surface area (Å²) in [7, 11) is 0. The van der Waals surface area contributed by atoms with Crippen LogP contribution in [0, 0.1) is 5.92 Å². The first kappa shape index (κ1) is 14.1. The van der Waals surface area contributed by atoms with Crippen molar-refractivity contribution in [3.63, 3.8) is 0 Å². The Bertz CT molecular complexity index is 528. The van der Waals surface area contributed by atoms with Crippen LogP contribution in [0.4, 0.5) is 0 Å². The van der Waals surface area contributed by atoms with E-state index in [9.17, 15) is 14.7 Å². The summed E-state index contributed by atoms with van der Waals surface area (Å²) < 4.78 is 0. The zero-order valence-corrected chi connectivity index (χ0v) is 12.1. The van der Waals surface area contributed by atoms with Gasteiger partial charge in [-0.3, -0.25) is 4.79 Å². The van der Waals surface area contributed by atoms with E-state index in [2.05, 4.69) is 12.1 Å². The molecule has 1 aromatic carbocycles. The van der Waals surface area contributed by atoms with Crippen LogP contribution < -0.4 is 0 Å². The smallest absolute Gasteiger partial charge is 0.326 e. The molecule has 21 heavy (non-hydrogen) atoms. The molecule has 1 saturated carbocycles. The summed E-state index contributed by atoms with van der Waals surface area (Å²) in [4.78, 5) is 25.7. The second-order valence-corrected chi connectivity index (χ2v) is 6.09. The van der Waals surface area contributed by atoms with E-state index in [1.165, 1.54) is 5.56 Å². The van der Waals surface area contributed by atoms with Crippen molar-refractivity contribution in [3.05, 3.63) is 35.9 Å². The van der Waals surface area contributed by atoms with Crippen molar-refractivity contribution in [1.82, 2.24) is 4.90 Å². The molecule has 1 amide bonds. The van der Waals surface area contributed by atoms with Crippen LogP contribution in [-0.4, -0.2) is 34.5 Å². The minimum atomic E-state index is -0.859. The van der Waals surface area contributed by atoms with Gasteiger partial charge in [0.2, 0.25) is 5.91 Å². The Morgan fingerprint density at radius 2 is 1.86 bits per heavy atom. The second kappa shape index (κ2) is 5.88. The fourth-order valence-corrected chi connectivity index (χ4v) is 3.38. The molecule has 2 aliphatic rings. The van der Waals surface area contributed by atoms with Crippen molar-refractivity contribution in [3.8, 4) is 0 Å². The van der Waals surface area contributed by atoms with Gasteiger partial charge in [0.25, 0.3) is 0 Å². The maximum Gasteiger partial charge on any atom is 0.326 e. The van der Waals surface area contributed by atoms with Gasteiger partial charge in [0.05, 0.1) is 0 Å². The third kappa shape index (κ3) is 2.94. The summed E-state index contributed by atoms with van der Waals surface area (Å²) in [6, 6.07) is 9.42. The standard InChI is InChI=1S/C17H21NO3/c19-16(14-11-13(14)12-7-3-1-4-8-12)18-10-6-2-5-9-15(18)17(20)21/h1,3-4,7-8,13-15H,2,5-6,9-11H2,(H,20,21). The van der Waals surface area contributed by atoms with E-state index < -0.39 is 12.0 Å². The number of hydrogen-bond donors (Lipinski definition) is 1. The molecule has 4 nitrogen and oxygen atoms in total. The zero-order valence-electron chi connectivity index (χ0n) is 12.1. The highest BCUT2D eigenvalue weighted by molar-refractivity contribution is 5.87. The van der Waals surface area contributed by atoms with Gasteiger partial charge < -0.3 is 10.0 Å². The van der Waals surface area contributed by atoms with E-state index >= 15 is 0 Å². The summed E-state index contributed by atoms with van der Waals surface area (Å²) in [5.41, 5.74) is 1.19. The first-order chi connectivity index (χ1) is 10.2. The van der Waals surface area contributed by atoms with Crippen LogP contribution in [0.15, 0.2) is 30.3 Å². The number of likely N-dealkylation sites (tertiary alicyclic amines) is 1. The number of carboxylic acids is 1. The Labute approximate surface area is 124 Å². The topological polar surface area (TPSA) is 57.6 Å². The van der Waals surface area contributed by atoms with Gasteiger partial charge >= 0.3 is 5.97 Å². The molecule has 3 unspecified atom stereocenters. The van der Waals surface area contributed by atoms with Crippen LogP contribution in [0.3, 0.4) is 0 Å². The lowest BCUT2D eigenvalue weighted by molar-refractivity contribution is -0.150. The molecule has 112 valence electrons. The largest absolute Gasteiger partial charge is 0.480 e. The van der Waals surface area contributed by atoms with E-state index in [1.807, 2.05) is 18.2 Å². The minimum Gasteiger partial charge on any atom is -0.480 e. The molecule has 2 fully saturated rings. The Morgan fingerprint density at radius 1 is 1.10 bits per heavy atom. The van der Waals surface area contributed by atoms with E-state index in [0.717, 1.165) is 25.7 Å². The molecule has 4 heteroatoms. The van der Waals surface area contributed by atoms with Gasteiger partial charge in [0, 0.05) is 12.5 Å². The third-order valence-corrected chi connectivity index (χ3v) is 4.66. The molecule has 1 aliphatic carbocycles. The van der Waals surface area contributed by atoms with Gasteiger partial charge in [-0.05, 0) is 30.7 Å². The molecule has 1 saturated heterocycles. The van der Waals surface area contributed by atoms with Crippen molar-refractivity contribution < 1.29 is 14.7 Å². The average molecular weight is 287 g/mol. The maximum absolute atomic E-state index is 12.7. The molecular weight excluding hydrogens is 266 g/mol. The minimum absolute atomic E-state index is 0.0210. The van der Waals surface area contributed by atoms with E-state index in [-0.39, 0.29) is 17.7 Å². The molecular formula is C17H21NO3. The Hall–Kier alpha value is -1.84. The van der Waals surface area contributed by atoms with E-state index in [0.29, 0.717) is 13.0 Å². The Kier molecular flexibility index (Phi) is 3.95. The quantitative estimate of drug-likeness (QED) is 0.929. The van der Waals surface area contributed by atoms with Gasteiger partial charge in [-0.1, -0.05) is 43.2 Å². The number of rotatable bonds is 3.